The van der Waals surface area contributed by atoms with Crippen molar-refractivity contribution < 1.29 is 17.3 Å². The van der Waals surface area contributed by atoms with Crippen molar-refractivity contribution in [1.82, 2.24) is 0 Å². The van der Waals surface area contributed by atoms with E-state index < -0.39 is 10.1 Å². The Morgan fingerprint density at radius 2 is 1.66 bits per heavy atom. The Morgan fingerprint density at radius 3 is 2.41 bits per heavy atom. The van der Waals surface area contributed by atoms with Crippen LogP contribution >= 0.6 is 15.9 Å². The van der Waals surface area contributed by atoms with Gasteiger partial charge in [-0.05, 0) is 47.7 Å². The van der Waals surface area contributed by atoms with Crippen molar-refractivity contribution in [3.05, 3.63) is 88.4 Å². The quantitative estimate of drug-likeness (QED) is 0.299. The fourth-order valence-corrected chi connectivity index (χ4v) is 3.75. The summed E-state index contributed by atoms with van der Waals surface area (Å²) in [7, 11) is -3.39. The zero-order valence-corrected chi connectivity index (χ0v) is 18.6. The SMILES string of the molecule is CS(=O)(=O)OCCCc1cccc(-c2cc(Br)ccc2OCc2ccccc2)c1. The molecule has 0 atom stereocenters. The number of hydrogen-bond acceptors (Lipinski definition) is 4. The molecule has 6 heteroatoms. The van der Waals surface area contributed by atoms with Crippen LogP contribution in [0.4, 0.5) is 0 Å². The van der Waals surface area contributed by atoms with E-state index in [0.717, 1.165) is 45.2 Å². The predicted molar refractivity (Wildman–Crippen MR) is 119 cm³/mol. The van der Waals surface area contributed by atoms with E-state index in [1.165, 1.54) is 0 Å². The van der Waals surface area contributed by atoms with Crippen LogP contribution in [0.3, 0.4) is 0 Å². The number of halogens is 1. The van der Waals surface area contributed by atoms with Crippen LogP contribution in [-0.4, -0.2) is 21.3 Å². The molecular weight excluding hydrogens is 452 g/mol. The average Bonchev–Trinajstić information content (AvgIpc) is 2.70. The topological polar surface area (TPSA) is 52.6 Å². The van der Waals surface area contributed by atoms with Gasteiger partial charge in [0.2, 0.25) is 0 Å². The van der Waals surface area contributed by atoms with Crippen LogP contribution < -0.4 is 4.74 Å². The first-order chi connectivity index (χ1) is 13.9. The molecule has 0 bridgehead atoms. The molecule has 0 aliphatic carbocycles. The molecule has 4 nitrogen and oxygen atoms in total. The van der Waals surface area contributed by atoms with Crippen molar-refractivity contribution in [3.63, 3.8) is 0 Å². The first-order valence-electron chi connectivity index (χ1n) is 9.31. The Balaban J connectivity index is 1.74. The van der Waals surface area contributed by atoms with Crippen LogP contribution in [0.25, 0.3) is 11.1 Å². The van der Waals surface area contributed by atoms with E-state index >= 15 is 0 Å². The highest BCUT2D eigenvalue weighted by atomic mass is 79.9. The third kappa shape index (κ3) is 6.99. The lowest BCUT2D eigenvalue weighted by atomic mass is 10.0. The molecule has 0 saturated carbocycles. The van der Waals surface area contributed by atoms with E-state index in [4.69, 9.17) is 8.92 Å². The molecule has 0 fully saturated rings. The number of ether oxygens (including phenoxy) is 1. The molecule has 0 saturated heterocycles. The van der Waals surface area contributed by atoms with Crippen LogP contribution in [-0.2, 0) is 27.3 Å². The molecule has 152 valence electrons. The van der Waals surface area contributed by atoms with Crippen molar-refractivity contribution in [2.24, 2.45) is 0 Å². The smallest absolute Gasteiger partial charge is 0.264 e. The van der Waals surface area contributed by atoms with Crippen LogP contribution in [0.5, 0.6) is 5.75 Å². The standard InChI is InChI=1S/C23H23BrO4S/c1-29(25,26)28-14-6-10-18-9-5-11-20(15-18)22-16-21(24)12-13-23(22)27-17-19-7-3-2-4-8-19/h2-5,7-9,11-13,15-16H,6,10,14,17H2,1H3. The second-order valence-electron chi connectivity index (χ2n) is 6.74. The Kier molecular flexibility index (Phi) is 7.47. The second-order valence-corrected chi connectivity index (χ2v) is 9.30. The molecule has 0 aromatic heterocycles. The molecule has 0 heterocycles. The van der Waals surface area contributed by atoms with Gasteiger partial charge in [0.15, 0.2) is 0 Å². The van der Waals surface area contributed by atoms with Gasteiger partial charge in [-0.2, -0.15) is 8.42 Å². The van der Waals surface area contributed by atoms with Gasteiger partial charge in [-0.1, -0.05) is 70.5 Å². The summed E-state index contributed by atoms with van der Waals surface area (Å²) in [6, 6.07) is 24.2. The van der Waals surface area contributed by atoms with Crippen molar-refractivity contribution in [2.45, 2.75) is 19.4 Å². The first-order valence-corrected chi connectivity index (χ1v) is 11.9. The third-order valence-corrected chi connectivity index (χ3v) is 5.41. The molecule has 3 rings (SSSR count). The lowest BCUT2D eigenvalue weighted by Gasteiger charge is -2.13. The summed E-state index contributed by atoms with van der Waals surface area (Å²) in [5, 5.41) is 0. The Hall–Kier alpha value is -2.15. The van der Waals surface area contributed by atoms with Crippen LogP contribution in [0.15, 0.2) is 77.3 Å². The zero-order valence-electron chi connectivity index (χ0n) is 16.2. The number of aryl methyl sites for hydroxylation is 1. The summed E-state index contributed by atoms with van der Waals surface area (Å²) in [4.78, 5) is 0. The average molecular weight is 475 g/mol. The van der Waals surface area contributed by atoms with E-state index in [0.29, 0.717) is 13.0 Å². The van der Waals surface area contributed by atoms with Crippen LogP contribution in [0, 0.1) is 0 Å². The zero-order chi connectivity index (χ0) is 20.7. The monoisotopic (exact) mass is 474 g/mol. The molecule has 0 aliphatic heterocycles. The van der Waals surface area contributed by atoms with E-state index in [9.17, 15) is 8.42 Å². The fourth-order valence-electron chi connectivity index (χ4n) is 2.97. The maximum atomic E-state index is 11.1. The van der Waals surface area contributed by atoms with Gasteiger partial charge in [-0.15, -0.1) is 0 Å². The fraction of sp³-hybridized carbons (Fsp3) is 0.217. The molecule has 0 unspecified atom stereocenters. The van der Waals surface area contributed by atoms with Crippen molar-refractivity contribution in [2.75, 3.05) is 12.9 Å². The third-order valence-electron chi connectivity index (χ3n) is 4.32. The number of benzene rings is 3. The van der Waals surface area contributed by atoms with Crippen LogP contribution in [0.2, 0.25) is 0 Å². The maximum absolute atomic E-state index is 11.1. The normalized spacial score (nSPS) is 11.4. The van der Waals surface area contributed by atoms with Crippen molar-refractivity contribution in [1.29, 1.82) is 0 Å². The van der Waals surface area contributed by atoms with E-state index in [2.05, 4.69) is 22.0 Å². The highest BCUT2D eigenvalue weighted by Gasteiger charge is 2.09. The minimum absolute atomic E-state index is 0.186. The predicted octanol–water partition coefficient (Wildman–Crippen LogP) is 5.60. The van der Waals surface area contributed by atoms with Crippen LogP contribution in [0.1, 0.15) is 17.5 Å². The molecule has 3 aromatic carbocycles. The summed E-state index contributed by atoms with van der Waals surface area (Å²) in [6.45, 7) is 0.684. The van der Waals surface area contributed by atoms with Gasteiger partial charge in [-0.25, -0.2) is 0 Å². The summed E-state index contributed by atoms with van der Waals surface area (Å²) >= 11 is 3.55. The molecule has 0 aliphatic rings. The van der Waals surface area contributed by atoms with Gasteiger partial charge in [0.1, 0.15) is 12.4 Å². The van der Waals surface area contributed by atoms with Crippen molar-refractivity contribution in [3.8, 4) is 16.9 Å². The second kappa shape index (κ2) is 10.1. The highest BCUT2D eigenvalue weighted by Crippen LogP contribution is 2.34. The first kappa shape index (κ1) is 21.6. The minimum Gasteiger partial charge on any atom is -0.488 e. The van der Waals surface area contributed by atoms with E-state index in [1.54, 1.807) is 0 Å². The van der Waals surface area contributed by atoms with Gasteiger partial charge in [-0.3, -0.25) is 4.18 Å². The molecule has 0 spiro atoms. The maximum Gasteiger partial charge on any atom is 0.264 e. The van der Waals surface area contributed by atoms with Gasteiger partial charge >= 0.3 is 0 Å². The summed E-state index contributed by atoms with van der Waals surface area (Å²) in [6.07, 6.45) is 2.43. The highest BCUT2D eigenvalue weighted by molar-refractivity contribution is 9.10. The molecule has 0 amide bonds. The lowest BCUT2D eigenvalue weighted by molar-refractivity contribution is 0.307. The summed E-state index contributed by atoms with van der Waals surface area (Å²) in [5.74, 6) is 0.814. The molecule has 29 heavy (non-hydrogen) atoms. The molecule has 0 radical (unpaired) electrons. The van der Waals surface area contributed by atoms with Gasteiger partial charge < -0.3 is 4.74 Å². The summed E-state index contributed by atoms with van der Waals surface area (Å²) in [5.41, 5.74) is 4.29. The number of hydrogen-bond donors (Lipinski definition) is 0. The largest absolute Gasteiger partial charge is 0.488 e. The van der Waals surface area contributed by atoms with Gasteiger partial charge in [0.05, 0.1) is 12.9 Å². The number of rotatable bonds is 9. The molecular formula is C23H23BrO4S. The Bertz CT molecular complexity index is 1050. The molecule has 0 N–H and O–H groups in total. The van der Waals surface area contributed by atoms with E-state index in [-0.39, 0.29) is 6.61 Å². The van der Waals surface area contributed by atoms with Crippen molar-refractivity contribution >= 4 is 26.0 Å². The summed E-state index contributed by atoms with van der Waals surface area (Å²) < 4.78 is 34.0. The Morgan fingerprint density at radius 1 is 0.897 bits per heavy atom. The van der Waals surface area contributed by atoms with Gasteiger partial charge in [0, 0.05) is 10.0 Å². The minimum atomic E-state index is -3.39. The Labute approximate surface area is 180 Å². The lowest BCUT2D eigenvalue weighted by Crippen LogP contribution is -2.04. The van der Waals surface area contributed by atoms with Gasteiger partial charge in [0.25, 0.3) is 10.1 Å². The van der Waals surface area contributed by atoms with E-state index in [1.807, 2.05) is 66.7 Å². The molecule has 3 aromatic rings.